The minimum Gasteiger partial charge on any atom is -0.493 e. The molecule has 0 saturated carbocycles. The summed E-state index contributed by atoms with van der Waals surface area (Å²) in [7, 11) is 0. The van der Waals surface area contributed by atoms with Crippen LogP contribution in [0.25, 0.3) is 11.3 Å². The van der Waals surface area contributed by atoms with E-state index >= 15 is 0 Å². The second kappa shape index (κ2) is 3.84. The third-order valence-electron chi connectivity index (χ3n) is 2.95. The van der Waals surface area contributed by atoms with Gasteiger partial charge in [0, 0.05) is 17.7 Å². The lowest BCUT2D eigenvalue weighted by Gasteiger charge is -2.05. The second-order valence-corrected chi connectivity index (χ2v) is 4.36. The lowest BCUT2D eigenvalue weighted by molar-refractivity contribution is 0.357. The molecule has 86 valence electrons. The van der Waals surface area contributed by atoms with Crippen LogP contribution in [0.15, 0.2) is 24.3 Å². The number of rotatable bonds is 1. The van der Waals surface area contributed by atoms with Crippen LogP contribution in [0.5, 0.6) is 5.75 Å². The third kappa shape index (κ3) is 1.88. The molecule has 0 amide bonds. The largest absolute Gasteiger partial charge is 0.493 e. The SMILES string of the molecule is Cc1cc(-c2ccc3c(c2)CCO3)nc(C)n1. The van der Waals surface area contributed by atoms with E-state index in [2.05, 4.69) is 22.1 Å². The number of benzene rings is 1. The van der Waals surface area contributed by atoms with Crippen LogP contribution in [0, 0.1) is 13.8 Å². The molecule has 1 aliphatic rings. The first kappa shape index (κ1) is 10.3. The smallest absolute Gasteiger partial charge is 0.126 e. The Morgan fingerprint density at radius 2 is 2.00 bits per heavy atom. The molecule has 1 aliphatic heterocycles. The maximum absolute atomic E-state index is 5.50. The van der Waals surface area contributed by atoms with Gasteiger partial charge in [0.2, 0.25) is 0 Å². The molecule has 0 spiro atoms. The fraction of sp³-hybridized carbons (Fsp3) is 0.286. The molecule has 0 unspecified atom stereocenters. The zero-order valence-corrected chi connectivity index (χ0v) is 10.0. The molecule has 2 aromatic rings. The highest BCUT2D eigenvalue weighted by molar-refractivity contribution is 5.62. The molecule has 0 aliphatic carbocycles. The van der Waals surface area contributed by atoms with Crippen molar-refractivity contribution in [2.45, 2.75) is 20.3 Å². The molecule has 0 atom stereocenters. The molecule has 3 rings (SSSR count). The van der Waals surface area contributed by atoms with E-state index in [9.17, 15) is 0 Å². The lowest BCUT2D eigenvalue weighted by Crippen LogP contribution is -1.94. The molecule has 3 heteroatoms. The molecule has 0 N–H and O–H groups in total. The summed E-state index contributed by atoms with van der Waals surface area (Å²) >= 11 is 0. The number of hydrogen-bond acceptors (Lipinski definition) is 3. The minimum atomic E-state index is 0.792. The van der Waals surface area contributed by atoms with Gasteiger partial charge in [-0.05, 0) is 43.7 Å². The average Bonchev–Trinajstić information content (AvgIpc) is 2.74. The Morgan fingerprint density at radius 3 is 2.82 bits per heavy atom. The van der Waals surface area contributed by atoms with E-state index in [1.807, 2.05) is 26.0 Å². The second-order valence-electron chi connectivity index (χ2n) is 4.36. The summed E-state index contributed by atoms with van der Waals surface area (Å²) in [5.41, 5.74) is 4.41. The van der Waals surface area contributed by atoms with Crippen LogP contribution in [0.4, 0.5) is 0 Å². The lowest BCUT2D eigenvalue weighted by atomic mass is 10.1. The molecular weight excluding hydrogens is 212 g/mol. The van der Waals surface area contributed by atoms with Crippen molar-refractivity contribution in [3.05, 3.63) is 41.3 Å². The van der Waals surface area contributed by atoms with Crippen molar-refractivity contribution in [3.8, 4) is 17.0 Å². The fourth-order valence-corrected chi connectivity index (χ4v) is 2.21. The van der Waals surface area contributed by atoms with Crippen LogP contribution < -0.4 is 4.74 Å². The third-order valence-corrected chi connectivity index (χ3v) is 2.95. The van der Waals surface area contributed by atoms with Gasteiger partial charge in [-0.3, -0.25) is 0 Å². The molecule has 0 radical (unpaired) electrons. The first-order chi connectivity index (χ1) is 8.22. The van der Waals surface area contributed by atoms with E-state index in [1.54, 1.807) is 0 Å². The Hall–Kier alpha value is -1.90. The van der Waals surface area contributed by atoms with Gasteiger partial charge in [-0.25, -0.2) is 9.97 Å². The number of fused-ring (bicyclic) bond motifs is 1. The Morgan fingerprint density at radius 1 is 1.12 bits per heavy atom. The van der Waals surface area contributed by atoms with Gasteiger partial charge in [0.15, 0.2) is 0 Å². The predicted octanol–water partition coefficient (Wildman–Crippen LogP) is 2.70. The van der Waals surface area contributed by atoms with Crippen molar-refractivity contribution in [1.82, 2.24) is 9.97 Å². The molecule has 2 heterocycles. The van der Waals surface area contributed by atoms with Crippen LogP contribution in [0.1, 0.15) is 17.1 Å². The Kier molecular flexibility index (Phi) is 2.32. The number of aromatic nitrogens is 2. The number of hydrogen-bond donors (Lipinski definition) is 0. The summed E-state index contributed by atoms with van der Waals surface area (Å²) in [5.74, 6) is 1.83. The van der Waals surface area contributed by atoms with Crippen LogP contribution in [0.3, 0.4) is 0 Å². The monoisotopic (exact) mass is 226 g/mol. The zero-order chi connectivity index (χ0) is 11.8. The Labute approximate surface area is 100 Å². The first-order valence-electron chi connectivity index (χ1n) is 5.81. The minimum absolute atomic E-state index is 0.792. The Balaban J connectivity index is 2.09. The maximum atomic E-state index is 5.50. The normalized spacial score (nSPS) is 13.3. The van der Waals surface area contributed by atoms with Gasteiger partial charge in [0.25, 0.3) is 0 Å². The van der Waals surface area contributed by atoms with Crippen molar-refractivity contribution >= 4 is 0 Å². The van der Waals surface area contributed by atoms with E-state index in [0.29, 0.717) is 0 Å². The van der Waals surface area contributed by atoms with Gasteiger partial charge in [0.05, 0.1) is 12.3 Å². The van der Waals surface area contributed by atoms with Crippen LogP contribution in [0.2, 0.25) is 0 Å². The topological polar surface area (TPSA) is 35.0 Å². The fourth-order valence-electron chi connectivity index (χ4n) is 2.21. The van der Waals surface area contributed by atoms with Crippen molar-refractivity contribution in [2.24, 2.45) is 0 Å². The highest BCUT2D eigenvalue weighted by Crippen LogP contribution is 2.29. The van der Waals surface area contributed by atoms with Gasteiger partial charge in [0.1, 0.15) is 11.6 Å². The van der Waals surface area contributed by atoms with Crippen LogP contribution >= 0.6 is 0 Å². The van der Waals surface area contributed by atoms with E-state index in [1.165, 1.54) is 5.56 Å². The van der Waals surface area contributed by atoms with Crippen molar-refractivity contribution < 1.29 is 4.74 Å². The van der Waals surface area contributed by atoms with Gasteiger partial charge < -0.3 is 4.74 Å². The van der Waals surface area contributed by atoms with E-state index in [0.717, 1.165) is 41.6 Å². The van der Waals surface area contributed by atoms with Crippen molar-refractivity contribution in [1.29, 1.82) is 0 Å². The molecular formula is C14H14N2O. The summed E-state index contributed by atoms with van der Waals surface area (Å²) < 4.78 is 5.50. The predicted molar refractivity (Wildman–Crippen MR) is 66.1 cm³/mol. The Bertz CT molecular complexity index is 558. The summed E-state index contributed by atoms with van der Waals surface area (Å²) in [5, 5.41) is 0. The summed E-state index contributed by atoms with van der Waals surface area (Å²) in [4.78, 5) is 8.77. The number of aryl methyl sites for hydroxylation is 2. The summed E-state index contributed by atoms with van der Waals surface area (Å²) in [6, 6.07) is 8.28. The van der Waals surface area contributed by atoms with E-state index in [4.69, 9.17) is 4.74 Å². The quantitative estimate of drug-likeness (QED) is 0.750. The summed E-state index contributed by atoms with van der Waals surface area (Å²) in [6.45, 7) is 4.71. The maximum Gasteiger partial charge on any atom is 0.126 e. The van der Waals surface area contributed by atoms with Crippen LogP contribution in [-0.4, -0.2) is 16.6 Å². The highest BCUT2D eigenvalue weighted by Gasteiger charge is 2.13. The standard InChI is InChI=1S/C14H14N2O/c1-9-7-13(16-10(2)15-9)11-3-4-14-12(8-11)5-6-17-14/h3-4,7-8H,5-6H2,1-2H3. The molecule has 0 saturated heterocycles. The molecule has 0 fully saturated rings. The summed E-state index contributed by atoms with van der Waals surface area (Å²) in [6.07, 6.45) is 0.992. The average molecular weight is 226 g/mol. The highest BCUT2D eigenvalue weighted by atomic mass is 16.5. The first-order valence-corrected chi connectivity index (χ1v) is 5.81. The molecule has 1 aromatic heterocycles. The molecule has 3 nitrogen and oxygen atoms in total. The number of nitrogens with zero attached hydrogens (tertiary/aromatic N) is 2. The van der Waals surface area contributed by atoms with E-state index in [-0.39, 0.29) is 0 Å². The molecule has 0 bridgehead atoms. The van der Waals surface area contributed by atoms with Gasteiger partial charge in [-0.15, -0.1) is 0 Å². The number of ether oxygens (including phenoxy) is 1. The van der Waals surface area contributed by atoms with Gasteiger partial charge >= 0.3 is 0 Å². The van der Waals surface area contributed by atoms with Crippen molar-refractivity contribution in [3.63, 3.8) is 0 Å². The zero-order valence-electron chi connectivity index (χ0n) is 10.0. The van der Waals surface area contributed by atoms with E-state index < -0.39 is 0 Å². The molecule has 17 heavy (non-hydrogen) atoms. The van der Waals surface area contributed by atoms with Gasteiger partial charge in [-0.2, -0.15) is 0 Å². The molecule has 1 aromatic carbocycles. The van der Waals surface area contributed by atoms with Crippen molar-refractivity contribution in [2.75, 3.05) is 6.61 Å². The van der Waals surface area contributed by atoms with Crippen LogP contribution in [-0.2, 0) is 6.42 Å². The van der Waals surface area contributed by atoms with Gasteiger partial charge in [-0.1, -0.05) is 0 Å².